The number of nitrogens with zero attached hydrogens (tertiary/aromatic N) is 2. The van der Waals surface area contributed by atoms with E-state index in [0.717, 1.165) is 50.5 Å². The van der Waals surface area contributed by atoms with E-state index in [1.807, 2.05) is 35.7 Å². The van der Waals surface area contributed by atoms with Crippen LogP contribution in [0, 0.1) is 0 Å². The highest BCUT2D eigenvalue weighted by Crippen LogP contribution is 2.28. The number of furan rings is 1. The molecule has 1 aliphatic heterocycles. The third-order valence-electron chi connectivity index (χ3n) is 4.88. The molecule has 1 N–H and O–H groups in total. The highest BCUT2D eigenvalue weighted by molar-refractivity contribution is 7.14. The number of carbonyl (C=O) groups is 1. The van der Waals surface area contributed by atoms with Gasteiger partial charge in [-0.1, -0.05) is 30.3 Å². The molecule has 0 radical (unpaired) electrons. The highest BCUT2D eigenvalue weighted by Gasteiger charge is 2.24. The monoisotopic (exact) mass is 398 g/mol. The number of quaternary nitrogens is 1. The maximum atomic E-state index is 13.0. The van der Waals surface area contributed by atoms with Crippen molar-refractivity contribution >= 4 is 22.4 Å². The Morgan fingerprint density at radius 3 is 2.71 bits per heavy atom. The first-order valence-corrected chi connectivity index (χ1v) is 10.5. The fraction of sp³-hybridized carbons (Fsp3) is 0.333. The van der Waals surface area contributed by atoms with E-state index in [4.69, 9.17) is 14.1 Å². The average molecular weight is 399 g/mol. The van der Waals surface area contributed by atoms with E-state index in [0.29, 0.717) is 17.4 Å². The number of hydrogen-bond donors (Lipinski definition) is 1. The molecule has 1 amide bonds. The van der Waals surface area contributed by atoms with Gasteiger partial charge in [-0.2, -0.15) is 0 Å². The van der Waals surface area contributed by atoms with Crippen molar-refractivity contribution in [2.45, 2.75) is 6.42 Å². The second-order valence-corrected chi connectivity index (χ2v) is 7.62. The fourth-order valence-electron chi connectivity index (χ4n) is 3.34. The standard InChI is InChI=1S/C21H23N3O3S/c25-20(19-8-4-13-27-19)24(10-5-9-23-11-14-26-15-12-23)21-22-18(16-28-21)17-6-2-1-3-7-17/h1-4,6-8,13,16H,5,9-12,14-15H2/p+1. The van der Waals surface area contributed by atoms with Gasteiger partial charge in [0.15, 0.2) is 10.9 Å². The number of benzene rings is 1. The van der Waals surface area contributed by atoms with Gasteiger partial charge in [-0.05, 0) is 12.1 Å². The lowest BCUT2D eigenvalue weighted by Crippen LogP contribution is -3.14. The lowest BCUT2D eigenvalue weighted by molar-refractivity contribution is -0.908. The first-order valence-electron chi connectivity index (χ1n) is 9.59. The Morgan fingerprint density at radius 1 is 1.14 bits per heavy atom. The molecule has 1 fully saturated rings. The van der Waals surface area contributed by atoms with Crippen LogP contribution >= 0.6 is 11.3 Å². The van der Waals surface area contributed by atoms with Crippen molar-refractivity contribution in [2.24, 2.45) is 0 Å². The number of morpholine rings is 1. The normalized spacial score (nSPS) is 14.9. The summed E-state index contributed by atoms with van der Waals surface area (Å²) in [7, 11) is 0. The smallest absolute Gasteiger partial charge is 0.295 e. The molecular formula is C21H24N3O3S+. The van der Waals surface area contributed by atoms with Crippen LogP contribution in [0.1, 0.15) is 17.0 Å². The lowest BCUT2D eigenvalue weighted by Gasteiger charge is -2.25. The molecule has 0 atom stereocenters. The molecule has 1 aliphatic rings. The first kappa shape index (κ1) is 18.9. The highest BCUT2D eigenvalue weighted by atomic mass is 32.1. The molecule has 146 valence electrons. The molecule has 6 nitrogen and oxygen atoms in total. The molecule has 4 rings (SSSR count). The van der Waals surface area contributed by atoms with Crippen LogP contribution in [0.4, 0.5) is 5.13 Å². The van der Waals surface area contributed by atoms with Gasteiger partial charge in [0.05, 0.1) is 31.7 Å². The largest absolute Gasteiger partial charge is 0.459 e. The van der Waals surface area contributed by atoms with E-state index >= 15 is 0 Å². The summed E-state index contributed by atoms with van der Waals surface area (Å²) in [4.78, 5) is 21.0. The molecule has 0 saturated carbocycles. The minimum Gasteiger partial charge on any atom is -0.459 e. The predicted octanol–water partition coefficient (Wildman–Crippen LogP) is 2.36. The van der Waals surface area contributed by atoms with Crippen molar-refractivity contribution in [2.75, 3.05) is 44.3 Å². The number of amides is 1. The molecule has 0 aliphatic carbocycles. The van der Waals surface area contributed by atoms with Crippen molar-refractivity contribution in [3.63, 3.8) is 0 Å². The van der Waals surface area contributed by atoms with Crippen molar-refractivity contribution in [1.29, 1.82) is 0 Å². The quantitative estimate of drug-likeness (QED) is 0.664. The van der Waals surface area contributed by atoms with Gasteiger partial charge in [-0.15, -0.1) is 11.3 Å². The van der Waals surface area contributed by atoms with E-state index in [2.05, 4.69) is 0 Å². The molecule has 1 aromatic carbocycles. The summed E-state index contributed by atoms with van der Waals surface area (Å²) in [6.07, 6.45) is 2.43. The number of ether oxygens (including phenoxy) is 1. The maximum Gasteiger partial charge on any atom is 0.295 e. The minimum absolute atomic E-state index is 0.143. The zero-order valence-electron chi connectivity index (χ0n) is 15.7. The Labute approximate surface area is 168 Å². The van der Waals surface area contributed by atoms with Crippen molar-refractivity contribution in [1.82, 2.24) is 4.98 Å². The number of aromatic nitrogens is 1. The Bertz CT molecular complexity index is 873. The Kier molecular flexibility index (Phi) is 6.16. The van der Waals surface area contributed by atoms with E-state index < -0.39 is 0 Å². The molecular weight excluding hydrogens is 374 g/mol. The molecule has 0 bridgehead atoms. The van der Waals surface area contributed by atoms with E-state index in [9.17, 15) is 4.79 Å². The van der Waals surface area contributed by atoms with Gasteiger partial charge in [0, 0.05) is 23.9 Å². The summed E-state index contributed by atoms with van der Waals surface area (Å²) in [5.41, 5.74) is 1.94. The van der Waals surface area contributed by atoms with Gasteiger partial charge >= 0.3 is 0 Å². The summed E-state index contributed by atoms with van der Waals surface area (Å²) >= 11 is 1.49. The minimum atomic E-state index is -0.143. The van der Waals surface area contributed by atoms with Gasteiger partial charge < -0.3 is 14.1 Å². The predicted molar refractivity (Wildman–Crippen MR) is 109 cm³/mol. The third-order valence-corrected chi connectivity index (χ3v) is 5.75. The van der Waals surface area contributed by atoms with Crippen molar-refractivity contribution in [3.05, 3.63) is 59.9 Å². The fourth-order valence-corrected chi connectivity index (χ4v) is 4.20. The van der Waals surface area contributed by atoms with Gasteiger partial charge in [0.1, 0.15) is 13.1 Å². The van der Waals surface area contributed by atoms with Crippen LogP contribution in [0.25, 0.3) is 11.3 Å². The number of anilines is 1. The molecule has 3 aromatic rings. The zero-order chi connectivity index (χ0) is 19.2. The Morgan fingerprint density at radius 2 is 1.96 bits per heavy atom. The second kappa shape index (κ2) is 9.14. The van der Waals surface area contributed by atoms with Crippen molar-refractivity contribution in [3.8, 4) is 11.3 Å². The topological polar surface area (TPSA) is 60.0 Å². The van der Waals surface area contributed by atoms with Crippen LogP contribution in [0.15, 0.2) is 58.5 Å². The number of carbonyl (C=O) groups excluding carboxylic acids is 1. The maximum absolute atomic E-state index is 13.0. The van der Waals surface area contributed by atoms with Gasteiger partial charge in [0.2, 0.25) is 0 Å². The molecule has 28 heavy (non-hydrogen) atoms. The van der Waals surface area contributed by atoms with Crippen LogP contribution in [-0.2, 0) is 4.74 Å². The molecule has 7 heteroatoms. The Balaban J connectivity index is 1.49. The summed E-state index contributed by atoms with van der Waals surface area (Å²) in [5.74, 6) is 0.200. The van der Waals surface area contributed by atoms with Crippen molar-refractivity contribution < 1.29 is 18.8 Å². The van der Waals surface area contributed by atoms with Crippen LogP contribution in [0.2, 0.25) is 0 Å². The number of nitrogens with one attached hydrogen (secondary N) is 1. The zero-order valence-corrected chi connectivity index (χ0v) is 16.5. The molecule has 2 aromatic heterocycles. The van der Waals surface area contributed by atoms with E-state index in [1.54, 1.807) is 17.0 Å². The first-order chi connectivity index (χ1) is 13.8. The summed E-state index contributed by atoms with van der Waals surface area (Å²) < 4.78 is 10.8. The Hall–Kier alpha value is -2.48. The second-order valence-electron chi connectivity index (χ2n) is 6.78. The van der Waals surface area contributed by atoms with Gasteiger partial charge in [-0.25, -0.2) is 4.98 Å². The third kappa shape index (κ3) is 4.49. The lowest BCUT2D eigenvalue weighted by atomic mass is 10.2. The SMILES string of the molecule is O=C(c1ccco1)N(CCC[NH+]1CCOCC1)c1nc(-c2ccccc2)cs1. The number of thiazole rings is 1. The van der Waals surface area contributed by atoms with Gasteiger partial charge in [0.25, 0.3) is 5.91 Å². The summed E-state index contributed by atoms with van der Waals surface area (Å²) in [6, 6.07) is 13.5. The summed E-state index contributed by atoms with van der Waals surface area (Å²) in [6.45, 7) is 5.32. The molecule has 0 spiro atoms. The summed E-state index contributed by atoms with van der Waals surface area (Å²) in [5, 5.41) is 2.71. The van der Waals surface area contributed by atoms with Crippen LogP contribution in [0.3, 0.4) is 0 Å². The van der Waals surface area contributed by atoms with E-state index in [1.165, 1.54) is 22.5 Å². The molecule has 1 saturated heterocycles. The number of hydrogen-bond acceptors (Lipinski definition) is 5. The van der Waals surface area contributed by atoms with Crippen LogP contribution in [-0.4, -0.2) is 50.3 Å². The number of rotatable bonds is 7. The van der Waals surface area contributed by atoms with E-state index in [-0.39, 0.29) is 5.91 Å². The van der Waals surface area contributed by atoms with Crippen LogP contribution in [0.5, 0.6) is 0 Å². The van der Waals surface area contributed by atoms with Gasteiger partial charge in [-0.3, -0.25) is 9.69 Å². The molecule has 0 unspecified atom stereocenters. The average Bonchev–Trinajstić information content (AvgIpc) is 3.45. The molecule has 3 heterocycles. The van der Waals surface area contributed by atoms with Crippen LogP contribution < -0.4 is 9.80 Å².